The van der Waals surface area contributed by atoms with Crippen molar-refractivity contribution in [2.45, 2.75) is 38.6 Å². The Morgan fingerprint density at radius 2 is 2.25 bits per heavy atom. The average Bonchev–Trinajstić information content (AvgIpc) is 2.72. The molecule has 1 saturated heterocycles. The van der Waals surface area contributed by atoms with Crippen LogP contribution >= 0.6 is 0 Å². The van der Waals surface area contributed by atoms with Gasteiger partial charge in [-0.2, -0.15) is 5.26 Å². The van der Waals surface area contributed by atoms with Gasteiger partial charge in [-0.15, -0.1) is 0 Å². The molecule has 2 heterocycles. The summed E-state index contributed by atoms with van der Waals surface area (Å²) >= 11 is 0. The van der Waals surface area contributed by atoms with Crippen LogP contribution in [0.25, 0.3) is 0 Å². The predicted octanol–water partition coefficient (Wildman–Crippen LogP) is 2.65. The van der Waals surface area contributed by atoms with Gasteiger partial charge in [0.15, 0.2) is 0 Å². The molecule has 0 amide bonds. The lowest BCUT2D eigenvalue weighted by molar-refractivity contribution is 0.413. The van der Waals surface area contributed by atoms with Crippen LogP contribution in [-0.2, 0) is 6.42 Å². The molecule has 0 radical (unpaired) electrons. The van der Waals surface area contributed by atoms with Crippen LogP contribution in [0.3, 0.4) is 0 Å². The number of nitriles is 1. The third kappa shape index (κ3) is 2.09. The van der Waals surface area contributed by atoms with Crippen LogP contribution in [0.1, 0.15) is 42.9 Å². The van der Waals surface area contributed by atoms with E-state index in [1.807, 2.05) is 0 Å². The molecule has 3 rings (SSSR count). The van der Waals surface area contributed by atoms with Crippen molar-refractivity contribution in [1.82, 2.24) is 5.32 Å². The summed E-state index contributed by atoms with van der Waals surface area (Å²) in [6.07, 6.45) is 2.22. The first-order chi connectivity index (χ1) is 9.61. The SMILES string of the molecule is CC(C)Cc1cc(C#N)c2c(c1)[C@@H]1CNCC[C@@H]1N2C. The standard InChI is InChI=1S/C17H23N3/c1-11(2)6-12-7-13(9-18)17-14(8-12)15-10-19-5-4-16(15)20(17)3/h7-8,11,15-16,19H,4-6,10H2,1-3H3/t15-,16-/m0/s1. The summed E-state index contributed by atoms with van der Waals surface area (Å²) in [7, 11) is 2.15. The molecule has 0 aliphatic carbocycles. The van der Waals surface area contributed by atoms with Gasteiger partial charge in [0.05, 0.1) is 11.3 Å². The Labute approximate surface area is 121 Å². The molecule has 2 aliphatic rings. The van der Waals surface area contributed by atoms with Gasteiger partial charge in [0.25, 0.3) is 0 Å². The molecular formula is C17H23N3. The third-order valence-electron chi connectivity index (χ3n) is 4.66. The van der Waals surface area contributed by atoms with E-state index in [0.29, 0.717) is 17.9 Å². The zero-order valence-electron chi connectivity index (χ0n) is 12.6. The van der Waals surface area contributed by atoms with E-state index in [9.17, 15) is 5.26 Å². The number of hydrogen-bond donors (Lipinski definition) is 1. The predicted molar refractivity (Wildman–Crippen MR) is 82.1 cm³/mol. The molecule has 2 aliphatic heterocycles. The molecule has 1 fully saturated rings. The van der Waals surface area contributed by atoms with E-state index < -0.39 is 0 Å². The largest absolute Gasteiger partial charge is 0.370 e. The Balaban J connectivity index is 2.08. The molecule has 0 aromatic heterocycles. The highest BCUT2D eigenvalue weighted by molar-refractivity contribution is 5.71. The fourth-order valence-electron chi connectivity index (χ4n) is 3.86. The smallest absolute Gasteiger partial charge is 0.101 e. The lowest BCUT2D eigenvalue weighted by Gasteiger charge is -2.31. The topological polar surface area (TPSA) is 39.1 Å². The van der Waals surface area contributed by atoms with Gasteiger partial charge >= 0.3 is 0 Å². The maximum atomic E-state index is 9.52. The highest BCUT2D eigenvalue weighted by Crippen LogP contribution is 2.44. The molecule has 0 bridgehead atoms. The number of fused-ring (bicyclic) bond motifs is 3. The summed E-state index contributed by atoms with van der Waals surface area (Å²) in [6, 6.07) is 7.43. The molecule has 0 unspecified atom stereocenters. The highest BCUT2D eigenvalue weighted by atomic mass is 15.2. The van der Waals surface area contributed by atoms with Crippen molar-refractivity contribution in [3.05, 3.63) is 28.8 Å². The van der Waals surface area contributed by atoms with E-state index in [-0.39, 0.29) is 0 Å². The van der Waals surface area contributed by atoms with Crippen molar-refractivity contribution in [2.75, 3.05) is 25.0 Å². The number of nitrogens with zero attached hydrogens (tertiary/aromatic N) is 2. The van der Waals surface area contributed by atoms with Gasteiger partial charge in [0.1, 0.15) is 6.07 Å². The molecule has 3 heteroatoms. The normalized spacial score (nSPS) is 24.4. The first-order valence-electron chi connectivity index (χ1n) is 7.62. The van der Waals surface area contributed by atoms with Crippen LogP contribution < -0.4 is 10.2 Å². The first-order valence-corrected chi connectivity index (χ1v) is 7.62. The molecule has 2 atom stereocenters. The van der Waals surface area contributed by atoms with Crippen LogP contribution in [0, 0.1) is 17.2 Å². The van der Waals surface area contributed by atoms with Crippen LogP contribution in [0.2, 0.25) is 0 Å². The summed E-state index contributed by atoms with van der Waals surface area (Å²) in [5.74, 6) is 1.17. The Hall–Kier alpha value is -1.53. The lowest BCUT2D eigenvalue weighted by Crippen LogP contribution is -2.42. The highest BCUT2D eigenvalue weighted by Gasteiger charge is 2.39. The number of benzene rings is 1. The number of nitrogens with one attached hydrogen (secondary N) is 1. The van der Waals surface area contributed by atoms with Crippen LogP contribution in [0.5, 0.6) is 0 Å². The number of hydrogen-bond acceptors (Lipinski definition) is 3. The Morgan fingerprint density at radius 1 is 1.45 bits per heavy atom. The number of rotatable bonds is 2. The fourth-order valence-corrected chi connectivity index (χ4v) is 3.86. The zero-order chi connectivity index (χ0) is 14.3. The second-order valence-corrected chi connectivity index (χ2v) is 6.57. The molecule has 0 spiro atoms. The van der Waals surface area contributed by atoms with Crippen LogP contribution in [-0.4, -0.2) is 26.2 Å². The van der Waals surface area contributed by atoms with Crippen molar-refractivity contribution in [2.24, 2.45) is 5.92 Å². The maximum Gasteiger partial charge on any atom is 0.101 e. The van der Waals surface area contributed by atoms with E-state index in [1.165, 1.54) is 23.2 Å². The molecule has 1 aromatic carbocycles. The quantitative estimate of drug-likeness (QED) is 0.897. The second-order valence-electron chi connectivity index (χ2n) is 6.57. The van der Waals surface area contributed by atoms with Gasteiger partial charge in [0, 0.05) is 25.6 Å². The summed E-state index contributed by atoms with van der Waals surface area (Å²) in [5, 5.41) is 13.0. The Bertz CT molecular complexity index is 556. The summed E-state index contributed by atoms with van der Waals surface area (Å²) in [6.45, 7) is 6.59. The van der Waals surface area contributed by atoms with Crippen molar-refractivity contribution < 1.29 is 0 Å². The molecular weight excluding hydrogens is 246 g/mol. The molecule has 106 valence electrons. The van der Waals surface area contributed by atoms with Gasteiger partial charge in [-0.05, 0) is 42.5 Å². The van der Waals surface area contributed by atoms with E-state index in [0.717, 1.165) is 25.1 Å². The van der Waals surface area contributed by atoms with Crippen molar-refractivity contribution in [3.63, 3.8) is 0 Å². The van der Waals surface area contributed by atoms with Crippen molar-refractivity contribution >= 4 is 5.69 Å². The molecule has 1 N–H and O–H groups in total. The number of likely N-dealkylation sites (N-methyl/N-ethyl adjacent to an activating group) is 1. The van der Waals surface area contributed by atoms with Crippen molar-refractivity contribution in [3.8, 4) is 6.07 Å². The summed E-state index contributed by atoms with van der Waals surface area (Å²) in [5.41, 5.74) is 4.74. The minimum Gasteiger partial charge on any atom is -0.370 e. The van der Waals surface area contributed by atoms with Crippen molar-refractivity contribution in [1.29, 1.82) is 5.26 Å². The molecule has 1 aromatic rings. The molecule has 0 saturated carbocycles. The minimum atomic E-state index is 0.544. The summed E-state index contributed by atoms with van der Waals surface area (Å²) < 4.78 is 0. The van der Waals surface area contributed by atoms with Crippen LogP contribution in [0.15, 0.2) is 12.1 Å². The zero-order valence-corrected chi connectivity index (χ0v) is 12.6. The van der Waals surface area contributed by atoms with Gasteiger partial charge in [-0.1, -0.05) is 19.9 Å². The van der Waals surface area contributed by atoms with E-state index >= 15 is 0 Å². The van der Waals surface area contributed by atoms with E-state index in [2.05, 4.69) is 49.3 Å². The lowest BCUT2D eigenvalue weighted by atomic mass is 9.88. The first kappa shape index (κ1) is 13.5. The van der Waals surface area contributed by atoms with Gasteiger partial charge in [-0.3, -0.25) is 0 Å². The summed E-state index contributed by atoms with van der Waals surface area (Å²) in [4.78, 5) is 2.35. The van der Waals surface area contributed by atoms with E-state index in [1.54, 1.807) is 0 Å². The number of piperidine rings is 1. The molecule has 3 nitrogen and oxygen atoms in total. The Kier molecular flexibility index (Phi) is 3.43. The molecule has 20 heavy (non-hydrogen) atoms. The maximum absolute atomic E-state index is 9.52. The van der Waals surface area contributed by atoms with Gasteiger partial charge < -0.3 is 10.2 Å². The average molecular weight is 269 g/mol. The van der Waals surface area contributed by atoms with Gasteiger partial charge in [0.2, 0.25) is 0 Å². The second kappa shape index (κ2) is 5.10. The fraction of sp³-hybridized carbons (Fsp3) is 0.588. The van der Waals surface area contributed by atoms with Gasteiger partial charge in [-0.25, -0.2) is 0 Å². The van der Waals surface area contributed by atoms with E-state index in [4.69, 9.17) is 0 Å². The third-order valence-corrected chi connectivity index (χ3v) is 4.66. The minimum absolute atomic E-state index is 0.544. The van der Waals surface area contributed by atoms with Crippen LogP contribution in [0.4, 0.5) is 5.69 Å². The monoisotopic (exact) mass is 269 g/mol. The number of anilines is 1. The Morgan fingerprint density at radius 3 is 2.95 bits per heavy atom.